The van der Waals surface area contributed by atoms with Gasteiger partial charge in [0.1, 0.15) is 28.1 Å². The number of thiazole rings is 1. The van der Waals surface area contributed by atoms with Crippen molar-refractivity contribution in [2.75, 3.05) is 0 Å². The topological polar surface area (TPSA) is 82.7 Å². The minimum atomic E-state index is -4.59. The molecule has 0 bridgehead atoms. The average Bonchev–Trinajstić information content (AvgIpc) is 3.05. The first-order valence-corrected chi connectivity index (χ1v) is 9.25. The highest BCUT2D eigenvalue weighted by molar-refractivity contribution is 7.99. The van der Waals surface area contributed by atoms with Gasteiger partial charge in [-0.15, -0.1) is 11.3 Å². The van der Waals surface area contributed by atoms with Crippen LogP contribution in [0, 0.1) is 11.3 Å². The van der Waals surface area contributed by atoms with Gasteiger partial charge < -0.3 is 5.11 Å². The van der Waals surface area contributed by atoms with E-state index in [1.54, 1.807) is 13.0 Å². The highest BCUT2D eigenvalue weighted by Gasteiger charge is 2.33. The van der Waals surface area contributed by atoms with Crippen LogP contribution in [0.1, 0.15) is 17.6 Å². The monoisotopic (exact) mass is 408 g/mol. The van der Waals surface area contributed by atoms with Crippen LogP contribution < -0.4 is 0 Å². The largest absolute Gasteiger partial charge is 0.510 e. The van der Waals surface area contributed by atoms with Gasteiger partial charge in [0, 0.05) is 6.20 Å². The summed E-state index contributed by atoms with van der Waals surface area (Å²) in [6, 6.07) is 9.97. The smallest absolute Gasteiger partial charge is 0.433 e. The van der Waals surface area contributed by atoms with Crippen LogP contribution in [-0.2, 0) is 6.18 Å². The van der Waals surface area contributed by atoms with Crippen LogP contribution in [-0.4, -0.2) is 25.3 Å². The van der Waals surface area contributed by atoms with Crippen molar-refractivity contribution in [2.24, 2.45) is 0 Å². The summed E-state index contributed by atoms with van der Waals surface area (Å²) in [4.78, 5) is 11.6. The van der Waals surface area contributed by atoms with E-state index < -0.39 is 17.1 Å². The van der Waals surface area contributed by atoms with E-state index >= 15 is 0 Å². The standard InChI is InChI=1S/C17H11F3N4OS2/c1-9(26-16-22-7-6-13(24-16)17(18,19)20)14(25)10(8-21)15-23-11-4-2-3-5-12(11)27-15/h2-7,9,25H,1H3/b14-10-. The second kappa shape index (κ2) is 7.54. The van der Waals surface area contributed by atoms with Crippen molar-refractivity contribution in [1.82, 2.24) is 15.0 Å². The number of allylic oxidation sites excluding steroid dienone is 1. The highest BCUT2D eigenvalue weighted by Crippen LogP contribution is 2.33. The molecule has 3 aromatic rings. The van der Waals surface area contributed by atoms with Gasteiger partial charge >= 0.3 is 6.18 Å². The first kappa shape index (κ1) is 19.1. The van der Waals surface area contributed by atoms with Crippen LogP contribution in [0.3, 0.4) is 0 Å². The zero-order valence-corrected chi connectivity index (χ0v) is 15.4. The average molecular weight is 408 g/mol. The molecule has 0 amide bonds. The molecule has 0 radical (unpaired) electrons. The molecule has 1 atom stereocenters. The van der Waals surface area contributed by atoms with Gasteiger partial charge in [0.25, 0.3) is 0 Å². The van der Waals surface area contributed by atoms with Crippen LogP contribution >= 0.6 is 23.1 Å². The number of fused-ring (bicyclic) bond motifs is 1. The summed E-state index contributed by atoms with van der Waals surface area (Å²) in [5.41, 5.74) is -0.398. The van der Waals surface area contributed by atoms with Gasteiger partial charge in [0.05, 0.1) is 15.5 Å². The Labute approximate surface area is 160 Å². The Morgan fingerprint density at radius 1 is 1.26 bits per heavy atom. The molecule has 138 valence electrons. The number of aliphatic hydroxyl groups is 1. The third kappa shape index (κ3) is 4.20. The molecule has 0 aliphatic heterocycles. The lowest BCUT2D eigenvalue weighted by atomic mass is 10.2. The number of thioether (sulfide) groups is 1. The summed E-state index contributed by atoms with van der Waals surface area (Å²) < 4.78 is 39.1. The van der Waals surface area contributed by atoms with E-state index in [4.69, 9.17) is 0 Å². The third-order valence-corrected chi connectivity index (χ3v) is 5.51. The lowest BCUT2D eigenvalue weighted by Crippen LogP contribution is -2.10. The van der Waals surface area contributed by atoms with Gasteiger partial charge in [0.15, 0.2) is 5.16 Å². The van der Waals surface area contributed by atoms with Crippen molar-refractivity contribution in [3.8, 4) is 6.07 Å². The van der Waals surface area contributed by atoms with E-state index in [0.29, 0.717) is 10.5 Å². The Balaban J connectivity index is 1.90. The molecule has 27 heavy (non-hydrogen) atoms. The first-order chi connectivity index (χ1) is 12.8. The maximum atomic E-state index is 12.8. The molecule has 1 N–H and O–H groups in total. The van der Waals surface area contributed by atoms with Crippen molar-refractivity contribution in [1.29, 1.82) is 5.26 Å². The Bertz CT molecular complexity index is 1020. The Kier molecular flexibility index (Phi) is 5.34. The van der Waals surface area contributed by atoms with Crippen molar-refractivity contribution >= 4 is 38.9 Å². The number of hydrogen-bond donors (Lipinski definition) is 1. The number of rotatable bonds is 4. The van der Waals surface area contributed by atoms with Crippen LogP contribution in [0.2, 0.25) is 0 Å². The van der Waals surface area contributed by atoms with E-state index in [9.17, 15) is 23.5 Å². The highest BCUT2D eigenvalue weighted by atomic mass is 32.2. The number of nitrogens with zero attached hydrogens (tertiary/aromatic N) is 4. The molecular weight excluding hydrogens is 397 g/mol. The molecule has 0 aliphatic carbocycles. The van der Waals surface area contributed by atoms with E-state index in [1.165, 1.54) is 11.3 Å². The van der Waals surface area contributed by atoms with E-state index in [2.05, 4.69) is 15.0 Å². The molecule has 0 spiro atoms. The number of aromatic nitrogens is 3. The number of para-hydroxylation sites is 1. The Morgan fingerprint density at radius 2 is 2.00 bits per heavy atom. The zero-order valence-electron chi connectivity index (χ0n) is 13.7. The number of benzene rings is 1. The zero-order chi connectivity index (χ0) is 19.6. The summed E-state index contributed by atoms with van der Waals surface area (Å²) in [6.45, 7) is 1.55. The van der Waals surface area contributed by atoms with Gasteiger partial charge in [-0.05, 0) is 25.1 Å². The number of aliphatic hydroxyl groups excluding tert-OH is 1. The summed E-state index contributed by atoms with van der Waals surface area (Å²) >= 11 is 2.07. The fourth-order valence-electron chi connectivity index (χ4n) is 2.17. The maximum Gasteiger partial charge on any atom is 0.433 e. The predicted octanol–water partition coefficient (Wildman–Crippen LogP) is 5.08. The van der Waals surface area contributed by atoms with Crippen LogP contribution in [0.5, 0.6) is 0 Å². The van der Waals surface area contributed by atoms with Crippen molar-refractivity contribution in [3.63, 3.8) is 0 Å². The molecule has 2 heterocycles. The molecule has 1 aromatic carbocycles. The number of hydrogen-bond acceptors (Lipinski definition) is 7. The lowest BCUT2D eigenvalue weighted by molar-refractivity contribution is -0.141. The number of halogens is 3. The lowest BCUT2D eigenvalue weighted by Gasteiger charge is -2.12. The van der Waals surface area contributed by atoms with Gasteiger partial charge in [-0.25, -0.2) is 15.0 Å². The summed E-state index contributed by atoms with van der Waals surface area (Å²) in [5, 5.41) is 19.4. The SMILES string of the molecule is CC(Sc1nccc(C(F)(F)F)n1)/C(O)=C(\C#N)c1nc2ccccc2s1. The van der Waals surface area contributed by atoms with Crippen molar-refractivity contribution < 1.29 is 18.3 Å². The van der Waals surface area contributed by atoms with Gasteiger partial charge in [-0.1, -0.05) is 23.9 Å². The second-order valence-electron chi connectivity index (χ2n) is 5.34. The summed E-state index contributed by atoms with van der Waals surface area (Å²) in [5.74, 6) is -0.289. The quantitative estimate of drug-likeness (QED) is 0.281. The Hall–Kier alpha value is -2.64. The minimum absolute atomic E-state index is 0.0248. The molecule has 0 saturated heterocycles. The van der Waals surface area contributed by atoms with Crippen molar-refractivity contribution in [3.05, 3.63) is 53.0 Å². The fraction of sp³-hybridized carbons (Fsp3) is 0.176. The van der Waals surface area contributed by atoms with Crippen LogP contribution in [0.4, 0.5) is 13.2 Å². The second-order valence-corrected chi connectivity index (χ2v) is 7.68. The van der Waals surface area contributed by atoms with Crippen LogP contribution in [0.15, 0.2) is 47.4 Å². The molecule has 10 heteroatoms. The normalized spacial score (nSPS) is 13.9. The van der Waals surface area contributed by atoms with Crippen LogP contribution in [0.25, 0.3) is 15.8 Å². The molecule has 1 unspecified atom stereocenters. The van der Waals surface area contributed by atoms with Gasteiger partial charge in [0.2, 0.25) is 0 Å². The molecule has 2 aromatic heterocycles. The third-order valence-electron chi connectivity index (χ3n) is 3.47. The Morgan fingerprint density at radius 3 is 2.67 bits per heavy atom. The molecular formula is C17H11F3N4OS2. The number of alkyl halides is 3. The predicted molar refractivity (Wildman–Crippen MR) is 97.1 cm³/mol. The fourth-order valence-corrected chi connectivity index (χ4v) is 3.95. The molecule has 5 nitrogen and oxygen atoms in total. The van der Waals surface area contributed by atoms with E-state index in [-0.39, 0.29) is 16.5 Å². The summed E-state index contributed by atoms with van der Waals surface area (Å²) in [6.07, 6.45) is -3.58. The van der Waals surface area contributed by atoms with Gasteiger partial charge in [-0.3, -0.25) is 0 Å². The van der Waals surface area contributed by atoms with E-state index in [1.807, 2.05) is 24.3 Å². The van der Waals surface area contributed by atoms with E-state index in [0.717, 1.165) is 28.7 Å². The molecule has 3 rings (SSSR count). The maximum absolute atomic E-state index is 12.8. The minimum Gasteiger partial charge on any atom is -0.510 e. The summed E-state index contributed by atoms with van der Waals surface area (Å²) in [7, 11) is 0. The van der Waals surface area contributed by atoms with Crippen molar-refractivity contribution in [2.45, 2.75) is 23.5 Å². The number of nitriles is 1. The van der Waals surface area contributed by atoms with Gasteiger partial charge in [-0.2, -0.15) is 18.4 Å². The first-order valence-electron chi connectivity index (χ1n) is 7.55. The molecule has 0 aliphatic rings. The molecule has 0 fully saturated rings. The molecule has 0 saturated carbocycles.